The van der Waals surface area contributed by atoms with Gasteiger partial charge in [-0.15, -0.1) is 0 Å². The van der Waals surface area contributed by atoms with Crippen molar-refractivity contribution < 1.29 is 71.2 Å². The van der Waals surface area contributed by atoms with Crippen LogP contribution in [0.3, 0.4) is 0 Å². The van der Waals surface area contributed by atoms with E-state index in [4.69, 9.17) is 0 Å². The molecule has 17 heavy (non-hydrogen) atoms. The van der Waals surface area contributed by atoms with Crippen molar-refractivity contribution >= 4 is 11.9 Å². The van der Waals surface area contributed by atoms with Crippen LogP contribution < -0.4 is 61.6 Å². The number of carbonyl (C=O) groups excluding carboxylic acids is 2. The molecule has 0 heterocycles. The van der Waals surface area contributed by atoms with Gasteiger partial charge in [0.05, 0.1) is 11.9 Å². The average molecular weight is 261 g/mol. The van der Waals surface area contributed by atoms with E-state index in [0.29, 0.717) is 0 Å². The molecule has 0 amide bonds. The Morgan fingerprint density at radius 2 is 1.06 bits per heavy atom. The largest absolute Gasteiger partial charge is 1.00 e. The molecule has 0 radical (unpaired) electrons. The molecule has 0 unspecified atom stereocenters. The van der Waals surface area contributed by atoms with Gasteiger partial charge in [-0.05, 0) is 26.0 Å². The first-order valence-corrected chi connectivity index (χ1v) is 4.55. The Bertz CT molecular complexity index is 282. The van der Waals surface area contributed by atoms with E-state index in [1.807, 2.05) is 0 Å². The minimum Gasteiger partial charge on any atom is -0.545 e. The van der Waals surface area contributed by atoms with Gasteiger partial charge in [-0.25, -0.2) is 0 Å². The van der Waals surface area contributed by atoms with E-state index in [-0.39, 0.29) is 51.4 Å². The molecule has 0 N–H and O–H groups in total. The van der Waals surface area contributed by atoms with Crippen molar-refractivity contribution in [1.29, 1.82) is 0 Å². The van der Waals surface area contributed by atoms with Crippen molar-refractivity contribution in [3.8, 4) is 0 Å². The van der Waals surface area contributed by atoms with Crippen LogP contribution >= 0.6 is 0 Å². The quantitative estimate of drug-likeness (QED) is 0.302. The number of carboxylic acids is 2. The molecular formula is C12H14KO4-. The van der Waals surface area contributed by atoms with Crippen LogP contribution in [0.15, 0.2) is 48.6 Å². The number of allylic oxidation sites excluding steroid dienone is 6. The first kappa shape index (κ1) is 21.8. The van der Waals surface area contributed by atoms with E-state index in [2.05, 4.69) is 0 Å². The van der Waals surface area contributed by atoms with Crippen LogP contribution in [-0.2, 0) is 9.59 Å². The first-order valence-electron chi connectivity index (χ1n) is 4.55. The summed E-state index contributed by atoms with van der Waals surface area (Å²) in [6.07, 6.45) is 11.5. The van der Waals surface area contributed by atoms with E-state index >= 15 is 0 Å². The molecule has 0 aliphatic rings. The number of hydrogen-bond acceptors (Lipinski definition) is 4. The number of rotatable bonds is 4. The van der Waals surface area contributed by atoms with Crippen LogP contribution in [0.4, 0.5) is 0 Å². The van der Waals surface area contributed by atoms with Crippen LogP contribution in [0.1, 0.15) is 13.8 Å². The summed E-state index contributed by atoms with van der Waals surface area (Å²) in [4.78, 5) is 19.3. The molecule has 0 aromatic carbocycles. The van der Waals surface area contributed by atoms with Crippen molar-refractivity contribution in [1.82, 2.24) is 0 Å². The second-order valence-corrected chi connectivity index (χ2v) is 2.41. The number of hydrogen-bond donors (Lipinski definition) is 0. The third-order valence-electron chi connectivity index (χ3n) is 1.07. The average Bonchev–Trinajstić information content (AvgIpc) is 2.18. The molecule has 0 aliphatic heterocycles. The predicted octanol–water partition coefficient (Wildman–Crippen LogP) is -3.26. The maximum atomic E-state index is 9.64. The van der Waals surface area contributed by atoms with Gasteiger partial charge in [0.25, 0.3) is 0 Å². The molecule has 0 bridgehead atoms. The topological polar surface area (TPSA) is 80.3 Å². The monoisotopic (exact) mass is 261 g/mol. The smallest absolute Gasteiger partial charge is 0.545 e. The van der Waals surface area contributed by atoms with Gasteiger partial charge < -0.3 is 19.8 Å². The fourth-order valence-electron chi connectivity index (χ4n) is 0.490. The van der Waals surface area contributed by atoms with Gasteiger partial charge in [-0.3, -0.25) is 0 Å². The Balaban J connectivity index is -0.000000218. The van der Waals surface area contributed by atoms with Gasteiger partial charge in [0.2, 0.25) is 0 Å². The standard InChI is InChI=1S/2C6H8O2.K/c2*1-2-3-4-5-6(7)8;/h2*2-5H,1H3,(H,7,8);/q;;+1/p-2/b2*3-2+,5-4+;. The molecular weight excluding hydrogens is 247 g/mol. The molecule has 0 spiro atoms. The molecule has 4 nitrogen and oxygen atoms in total. The van der Waals surface area contributed by atoms with E-state index in [1.165, 1.54) is 12.2 Å². The first-order chi connectivity index (χ1) is 7.54. The Labute approximate surface area is 144 Å². The van der Waals surface area contributed by atoms with Crippen molar-refractivity contribution in [3.05, 3.63) is 48.6 Å². The zero-order valence-electron chi connectivity index (χ0n) is 10.3. The summed E-state index contributed by atoms with van der Waals surface area (Å²) in [5.41, 5.74) is 0. The zero-order valence-corrected chi connectivity index (χ0v) is 13.4. The van der Waals surface area contributed by atoms with Crippen LogP contribution in [0, 0.1) is 0 Å². The van der Waals surface area contributed by atoms with Crippen LogP contribution in [0.2, 0.25) is 0 Å². The molecule has 0 saturated heterocycles. The van der Waals surface area contributed by atoms with Gasteiger partial charge in [0, 0.05) is 0 Å². The summed E-state index contributed by atoms with van der Waals surface area (Å²) < 4.78 is 0. The fraction of sp³-hybridized carbons (Fsp3) is 0.167. The van der Waals surface area contributed by atoms with E-state index in [0.717, 1.165) is 12.2 Å². The third kappa shape index (κ3) is 31.3. The zero-order chi connectivity index (χ0) is 12.8. The second kappa shape index (κ2) is 17.9. The van der Waals surface area contributed by atoms with Crippen molar-refractivity contribution in [3.63, 3.8) is 0 Å². The van der Waals surface area contributed by atoms with Gasteiger partial charge in [0.1, 0.15) is 0 Å². The number of aliphatic carboxylic acids is 2. The summed E-state index contributed by atoms with van der Waals surface area (Å²) in [6, 6.07) is 0. The van der Waals surface area contributed by atoms with Crippen LogP contribution in [0.5, 0.6) is 0 Å². The summed E-state index contributed by atoms with van der Waals surface area (Å²) in [5.74, 6) is -2.33. The molecule has 0 aliphatic carbocycles. The molecule has 0 aromatic heterocycles. The molecule has 0 fully saturated rings. The third-order valence-corrected chi connectivity index (χ3v) is 1.07. The summed E-state index contributed by atoms with van der Waals surface area (Å²) in [6.45, 7) is 3.61. The molecule has 0 saturated carbocycles. The van der Waals surface area contributed by atoms with Gasteiger partial charge in [0.15, 0.2) is 0 Å². The molecule has 0 atom stereocenters. The molecule has 0 rings (SSSR count). The molecule has 0 aromatic rings. The Morgan fingerprint density at radius 1 is 0.765 bits per heavy atom. The van der Waals surface area contributed by atoms with E-state index < -0.39 is 11.9 Å². The summed E-state index contributed by atoms with van der Waals surface area (Å²) in [7, 11) is 0. The number of carboxylic acid groups (broad SMARTS) is 2. The van der Waals surface area contributed by atoms with Crippen LogP contribution in [0.25, 0.3) is 0 Å². The second-order valence-electron chi connectivity index (χ2n) is 2.41. The Morgan fingerprint density at radius 3 is 1.24 bits per heavy atom. The van der Waals surface area contributed by atoms with Crippen molar-refractivity contribution in [2.45, 2.75) is 13.8 Å². The SMILES string of the molecule is C/C=C/C=C/C(=O)[O-].C/C=C/C=C/C(=O)[O-].[K+]. The van der Waals surface area contributed by atoms with Gasteiger partial charge in [-0.1, -0.05) is 36.5 Å². The maximum Gasteiger partial charge on any atom is 1.00 e. The minimum absolute atomic E-state index is 0. The molecule has 88 valence electrons. The van der Waals surface area contributed by atoms with Crippen molar-refractivity contribution in [2.24, 2.45) is 0 Å². The maximum absolute atomic E-state index is 9.64. The van der Waals surface area contributed by atoms with Crippen molar-refractivity contribution in [2.75, 3.05) is 0 Å². The van der Waals surface area contributed by atoms with Crippen LogP contribution in [-0.4, -0.2) is 11.9 Å². The van der Waals surface area contributed by atoms with E-state index in [1.54, 1.807) is 38.2 Å². The van der Waals surface area contributed by atoms with Gasteiger partial charge in [-0.2, -0.15) is 0 Å². The van der Waals surface area contributed by atoms with E-state index in [9.17, 15) is 19.8 Å². The Kier molecular flexibility index (Phi) is 23.0. The molecule has 5 heteroatoms. The summed E-state index contributed by atoms with van der Waals surface area (Å²) >= 11 is 0. The predicted molar refractivity (Wildman–Crippen MR) is 57.9 cm³/mol. The number of carbonyl (C=O) groups is 2. The van der Waals surface area contributed by atoms with Gasteiger partial charge >= 0.3 is 51.4 Å². The fourth-order valence-corrected chi connectivity index (χ4v) is 0.490. The normalized spacial score (nSPS) is 10.5. The Hall–Kier alpha value is -0.464. The minimum atomic E-state index is -1.16. The summed E-state index contributed by atoms with van der Waals surface area (Å²) in [5, 5.41) is 19.3.